The molecule has 0 unspecified atom stereocenters. The van der Waals surface area contributed by atoms with E-state index < -0.39 is 10.0 Å². The molecule has 0 aromatic heterocycles. The molecule has 3 fully saturated rings. The minimum absolute atomic E-state index is 0.0341. The Labute approximate surface area is 139 Å². The zero-order chi connectivity index (χ0) is 16.3. The molecule has 2 heterocycles. The predicted molar refractivity (Wildman–Crippen MR) is 87.5 cm³/mol. The van der Waals surface area contributed by atoms with E-state index in [1.54, 1.807) is 9.21 Å². The number of hydrogen-bond donors (Lipinski definition) is 0. The molecule has 0 spiro atoms. The normalized spacial score (nSPS) is 28.2. The van der Waals surface area contributed by atoms with Crippen molar-refractivity contribution in [2.75, 3.05) is 38.5 Å². The third-order valence-corrected chi connectivity index (χ3v) is 7.36. The molecule has 7 heteroatoms. The maximum Gasteiger partial charge on any atom is 0.251 e. The number of ether oxygens (including phenoxy) is 1. The van der Waals surface area contributed by atoms with Gasteiger partial charge in [-0.2, -0.15) is 4.31 Å². The summed E-state index contributed by atoms with van der Waals surface area (Å²) < 4.78 is 32.2. The smallest absolute Gasteiger partial charge is 0.251 e. The summed E-state index contributed by atoms with van der Waals surface area (Å²) >= 11 is 0. The molecule has 132 valence electrons. The molecule has 6 nitrogen and oxygen atoms in total. The van der Waals surface area contributed by atoms with Crippen LogP contribution in [0.1, 0.15) is 44.9 Å². The number of hydrogen-bond acceptors (Lipinski definition) is 4. The van der Waals surface area contributed by atoms with E-state index in [2.05, 4.69) is 0 Å². The third-order valence-electron chi connectivity index (χ3n) is 5.32. The summed E-state index contributed by atoms with van der Waals surface area (Å²) in [6, 6.07) is 0. The first-order valence-electron chi connectivity index (χ1n) is 8.94. The first-order valence-corrected chi connectivity index (χ1v) is 10.6. The van der Waals surface area contributed by atoms with Gasteiger partial charge in [-0.05, 0) is 31.6 Å². The fourth-order valence-corrected chi connectivity index (χ4v) is 5.78. The van der Waals surface area contributed by atoms with Gasteiger partial charge in [0.05, 0.1) is 5.75 Å². The van der Waals surface area contributed by atoms with Gasteiger partial charge < -0.3 is 9.64 Å². The summed E-state index contributed by atoms with van der Waals surface area (Å²) in [7, 11) is -3.19. The molecule has 0 bridgehead atoms. The Morgan fingerprint density at radius 1 is 0.957 bits per heavy atom. The number of carbonyl (C=O) groups excluding carboxylic acids is 1. The summed E-state index contributed by atoms with van der Waals surface area (Å²) in [6.07, 6.45) is 7.05. The lowest BCUT2D eigenvalue weighted by Gasteiger charge is -2.36. The standard InChI is InChI=1S/C16H28N2O4S/c19-16(15-7-4-12-22-15)17-8-10-18(11-9-17)23(20,21)13-14-5-2-1-3-6-14/h14-15H,1-13H2/t15-/m1/s1. The van der Waals surface area contributed by atoms with Crippen molar-refractivity contribution in [1.82, 2.24) is 9.21 Å². The average Bonchev–Trinajstić information content (AvgIpc) is 3.09. The minimum atomic E-state index is -3.19. The zero-order valence-electron chi connectivity index (χ0n) is 13.8. The van der Waals surface area contributed by atoms with Gasteiger partial charge in [-0.15, -0.1) is 0 Å². The Hall–Kier alpha value is -0.660. The topological polar surface area (TPSA) is 66.9 Å². The van der Waals surface area contributed by atoms with E-state index in [4.69, 9.17) is 4.74 Å². The maximum absolute atomic E-state index is 12.6. The van der Waals surface area contributed by atoms with Crippen LogP contribution in [0.5, 0.6) is 0 Å². The van der Waals surface area contributed by atoms with Gasteiger partial charge in [-0.3, -0.25) is 4.79 Å². The molecule has 3 aliphatic rings. The lowest BCUT2D eigenvalue weighted by Crippen LogP contribution is -2.53. The van der Waals surface area contributed by atoms with Crippen LogP contribution in [-0.2, 0) is 19.6 Å². The first kappa shape index (κ1) is 17.2. The van der Waals surface area contributed by atoms with E-state index in [-0.39, 0.29) is 17.8 Å². The minimum Gasteiger partial charge on any atom is -0.368 e. The average molecular weight is 344 g/mol. The van der Waals surface area contributed by atoms with E-state index in [0.717, 1.165) is 38.5 Å². The van der Waals surface area contributed by atoms with E-state index in [9.17, 15) is 13.2 Å². The van der Waals surface area contributed by atoms with Crippen molar-refractivity contribution in [3.63, 3.8) is 0 Å². The Morgan fingerprint density at radius 2 is 1.65 bits per heavy atom. The number of sulfonamides is 1. The van der Waals surface area contributed by atoms with Crippen LogP contribution in [0.15, 0.2) is 0 Å². The lowest BCUT2D eigenvalue weighted by molar-refractivity contribution is -0.142. The summed E-state index contributed by atoms with van der Waals surface area (Å²) in [5, 5.41) is 0. The van der Waals surface area contributed by atoms with Crippen LogP contribution in [0, 0.1) is 5.92 Å². The Kier molecular flexibility index (Phi) is 5.59. The highest BCUT2D eigenvalue weighted by molar-refractivity contribution is 7.89. The number of carbonyl (C=O) groups is 1. The molecular formula is C16H28N2O4S. The molecule has 2 saturated heterocycles. The van der Waals surface area contributed by atoms with Crippen LogP contribution < -0.4 is 0 Å². The second-order valence-corrected chi connectivity index (χ2v) is 9.02. The first-order chi connectivity index (χ1) is 11.1. The van der Waals surface area contributed by atoms with Crippen molar-refractivity contribution in [3.05, 3.63) is 0 Å². The summed E-state index contributed by atoms with van der Waals surface area (Å²) in [5.74, 6) is 0.638. The molecule has 0 aromatic rings. The van der Waals surface area contributed by atoms with Crippen molar-refractivity contribution < 1.29 is 17.9 Å². The predicted octanol–water partition coefficient (Wildman–Crippen LogP) is 1.22. The largest absolute Gasteiger partial charge is 0.368 e. The monoisotopic (exact) mass is 344 g/mol. The Balaban J connectivity index is 1.50. The van der Waals surface area contributed by atoms with Crippen LogP contribution in [0.4, 0.5) is 0 Å². The molecule has 3 rings (SSSR count). The van der Waals surface area contributed by atoms with Gasteiger partial charge in [-0.25, -0.2) is 8.42 Å². The second-order valence-electron chi connectivity index (χ2n) is 7.01. The molecule has 1 aliphatic carbocycles. The lowest BCUT2D eigenvalue weighted by atomic mass is 9.91. The SMILES string of the molecule is O=C([C@H]1CCCO1)N1CCN(S(=O)(=O)CC2CCCCC2)CC1. The molecule has 0 aromatic carbocycles. The van der Waals surface area contributed by atoms with Crippen molar-refractivity contribution in [3.8, 4) is 0 Å². The number of amides is 1. The van der Waals surface area contributed by atoms with E-state index in [1.165, 1.54) is 6.42 Å². The van der Waals surface area contributed by atoms with Crippen molar-refractivity contribution in [2.24, 2.45) is 5.92 Å². The summed E-state index contributed by atoms with van der Waals surface area (Å²) in [5.41, 5.74) is 0. The number of rotatable bonds is 4. The Bertz CT molecular complexity index is 502. The van der Waals surface area contributed by atoms with E-state index >= 15 is 0 Å². The van der Waals surface area contributed by atoms with Crippen LogP contribution in [-0.4, -0.2) is 68.2 Å². The van der Waals surface area contributed by atoms with Gasteiger partial charge >= 0.3 is 0 Å². The summed E-state index contributed by atoms with van der Waals surface area (Å²) in [6.45, 7) is 2.48. The van der Waals surface area contributed by atoms with Crippen molar-refractivity contribution >= 4 is 15.9 Å². The number of nitrogens with zero attached hydrogens (tertiary/aromatic N) is 2. The zero-order valence-corrected chi connectivity index (χ0v) is 14.6. The highest BCUT2D eigenvalue weighted by Gasteiger charge is 2.34. The third kappa shape index (κ3) is 4.25. The fourth-order valence-electron chi connectivity index (χ4n) is 3.92. The molecule has 23 heavy (non-hydrogen) atoms. The summed E-state index contributed by atoms with van der Waals surface area (Å²) in [4.78, 5) is 14.1. The van der Waals surface area contributed by atoms with E-state index in [1.807, 2.05) is 0 Å². The molecule has 0 radical (unpaired) electrons. The van der Waals surface area contributed by atoms with Gasteiger partial charge in [0.25, 0.3) is 5.91 Å². The fraction of sp³-hybridized carbons (Fsp3) is 0.938. The second kappa shape index (κ2) is 7.49. The van der Waals surface area contributed by atoms with Gasteiger partial charge in [0.15, 0.2) is 0 Å². The molecule has 1 amide bonds. The highest BCUT2D eigenvalue weighted by atomic mass is 32.2. The molecule has 2 aliphatic heterocycles. The van der Waals surface area contributed by atoms with Gasteiger partial charge in [0, 0.05) is 32.8 Å². The van der Waals surface area contributed by atoms with Crippen LogP contribution in [0.3, 0.4) is 0 Å². The molecular weight excluding hydrogens is 316 g/mol. The highest BCUT2D eigenvalue weighted by Crippen LogP contribution is 2.26. The molecule has 0 N–H and O–H groups in total. The maximum atomic E-state index is 12.6. The van der Waals surface area contributed by atoms with Crippen molar-refractivity contribution in [2.45, 2.75) is 51.0 Å². The van der Waals surface area contributed by atoms with Crippen LogP contribution in [0.2, 0.25) is 0 Å². The van der Waals surface area contributed by atoms with Gasteiger partial charge in [-0.1, -0.05) is 19.3 Å². The van der Waals surface area contributed by atoms with Crippen LogP contribution >= 0.6 is 0 Å². The Morgan fingerprint density at radius 3 is 2.26 bits per heavy atom. The number of piperazine rings is 1. The van der Waals surface area contributed by atoms with Crippen molar-refractivity contribution in [1.29, 1.82) is 0 Å². The molecule has 1 atom stereocenters. The van der Waals surface area contributed by atoms with E-state index in [0.29, 0.717) is 38.7 Å². The van der Waals surface area contributed by atoms with Gasteiger partial charge in [0.2, 0.25) is 10.0 Å². The van der Waals surface area contributed by atoms with Crippen LogP contribution in [0.25, 0.3) is 0 Å². The van der Waals surface area contributed by atoms with Gasteiger partial charge in [0.1, 0.15) is 6.10 Å². The molecule has 1 saturated carbocycles. The quantitative estimate of drug-likeness (QED) is 0.769.